The topological polar surface area (TPSA) is 87.9 Å². The zero-order valence-electron chi connectivity index (χ0n) is 15.2. The Kier molecular flexibility index (Phi) is 10.7. The molecule has 0 fully saturated rings. The van der Waals surface area contributed by atoms with Crippen molar-refractivity contribution in [3.8, 4) is 5.75 Å². The van der Waals surface area contributed by atoms with E-state index in [-0.39, 0.29) is 29.9 Å². The smallest absolute Gasteiger partial charge is 0.287 e. The van der Waals surface area contributed by atoms with E-state index in [1.165, 1.54) is 6.26 Å². The van der Waals surface area contributed by atoms with Crippen LogP contribution >= 0.6 is 24.0 Å². The molecule has 146 valence electrons. The number of ether oxygens (including phenoxy) is 1. The minimum absolute atomic E-state index is 0. The average molecular weight is 484 g/mol. The Hall–Kier alpha value is -2.49. The van der Waals surface area contributed by atoms with Crippen LogP contribution in [-0.2, 0) is 6.54 Å². The van der Waals surface area contributed by atoms with E-state index in [0.29, 0.717) is 38.0 Å². The first-order valence-corrected chi connectivity index (χ1v) is 8.32. The van der Waals surface area contributed by atoms with Crippen molar-refractivity contribution in [3.63, 3.8) is 0 Å². The van der Waals surface area contributed by atoms with Crippen molar-refractivity contribution in [2.45, 2.75) is 6.54 Å². The predicted molar refractivity (Wildman–Crippen MR) is 117 cm³/mol. The fourth-order valence-corrected chi connectivity index (χ4v) is 2.19. The molecular weight excluding hydrogens is 459 g/mol. The van der Waals surface area contributed by atoms with Crippen LogP contribution in [0.25, 0.3) is 0 Å². The van der Waals surface area contributed by atoms with E-state index in [1.807, 2.05) is 24.3 Å². The molecule has 1 aromatic heterocycles. The number of nitrogens with zero attached hydrogens (tertiary/aromatic N) is 1. The third kappa shape index (κ3) is 7.73. The number of amides is 1. The number of carbonyl (C=O) groups excluding carboxylic acids is 1. The Morgan fingerprint density at radius 1 is 1.19 bits per heavy atom. The molecule has 27 heavy (non-hydrogen) atoms. The van der Waals surface area contributed by atoms with Gasteiger partial charge in [0.25, 0.3) is 5.91 Å². The van der Waals surface area contributed by atoms with Gasteiger partial charge in [0.1, 0.15) is 12.4 Å². The first kappa shape index (κ1) is 22.6. The highest BCUT2D eigenvalue weighted by molar-refractivity contribution is 14.0. The molecule has 1 aromatic carbocycles. The van der Waals surface area contributed by atoms with Crippen molar-refractivity contribution >= 4 is 35.8 Å². The molecule has 2 rings (SSSR count). The quantitative estimate of drug-likeness (QED) is 0.168. The van der Waals surface area contributed by atoms with Gasteiger partial charge in [-0.1, -0.05) is 30.9 Å². The minimum Gasteiger partial charge on any atom is -0.489 e. The highest BCUT2D eigenvalue weighted by Crippen LogP contribution is 2.17. The molecule has 1 amide bonds. The fourth-order valence-electron chi connectivity index (χ4n) is 2.19. The maximum Gasteiger partial charge on any atom is 0.287 e. The number of hydrogen-bond donors (Lipinski definition) is 3. The molecule has 0 aliphatic rings. The van der Waals surface area contributed by atoms with Crippen molar-refractivity contribution in [1.29, 1.82) is 0 Å². The zero-order chi connectivity index (χ0) is 18.6. The molecule has 0 aliphatic heterocycles. The first-order chi connectivity index (χ1) is 12.7. The molecular formula is C19H25IN4O3. The standard InChI is InChI=1S/C19H24N4O3.HI/c1-3-12-25-16-8-5-4-7-15(16)14-23-19(20-2)22-11-10-21-18(24)17-9-6-13-26-17;/h3-9,13H,1,10-12,14H2,2H3,(H,21,24)(H2,20,22,23);1H. The lowest BCUT2D eigenvalue weighted by molar-refractivity contribution is 0.0926. The lowest BCUT2D eigenvalue weighted by Gasteiger charge is -2.14. The van der Waals surface area contributed by atoms with Gasteiger partial charge in [-0.2, -0.15) is 0 Å². The zero-order valence-corrected chi connectivity index (χ0v) is 17.6. The lowest BCUT2D eigenvalue weighted by Crippen LogP contribution is -2.41. The first-order valence-electron chi connectivity index (χ1n) is 8.32. The van der Waals surface area contributed by atoms with Crippen molar-refractivity contribution in [2.75, 3.05) is 26.7 Å². The molecule has 0 aliphatic carbocycles. The van der Waals surface area contributed by atoms with Crippen molar-refractivity contribution in [1.82, 2.24) is 16.0 Å². The van der Waals surface area contributed by atoms with Crippen LogP contribution in [0.4, 0.5) is 0 Å². The van der Waals surface area contributed by atoms with Gasteiger partial charge in [0.15, 0.2) is 11.7 Å². The molecule has 0 unspecified atom stereocenters. The van der Waals surface area contributed by atoms with Gasteiger partial charge >= 0.3 is 0 Å². The third-order valence-corrected chi connectivity index (χ3v) is 3.45. The van der Waals surface area contributed by atoms with Gasteiger partial charge in [0.2, 0.25) is 0 Å². The van der Waals surface area contributed by atoms with Crippen LogP contribution < -0.4 is 20.7 Å². The Morgan fingerprint density at radius 2 is 1.96 bits per heavy atom. The van der Waals surface area contributed by atoms with Crippen LogP contribution in [0.1, 0.15) is 16.1 Å². The number of benzene rings is 1. The maximum atomic E-state index is 11.8. The predicted octanol–water partition coefficient (Wildman–Crippen LogP) is 2.56. The van der Waals surface area contributed by atoms with Crippen LogP contribution in [0.15, 0.2) is 64.7 Å². The van der Waals surface area contributed by atoms with Crippen molar-refractivity contribution in [2.24, 2.45) is 4.99 Å². The Bertz CT molecular complexity index is 732. The summed E-state index contributed by atoms with van der Waals surface area (Å²) in [7, 11) is 1.69. The van der Waals surface area contributed by atoms with Gasteiger partial charge in [0, 0.05) is 32.2 Å². The van der Waals surface area contributed by atoms with Crippen LogP contribution in [0.3, 0.4) is 0 Å². The van der Waals surface area contributed by atoms with Crippen LogP contribution in [0.5, 0.6) is 5.75 Å². The summed E-state index contributed by atoms with van der Waals surface area (Å²) in [6.07, 6.45) is 3.18. The number of furan rings is 1. The van der Waals surface area contributed by atoms with Gasteiger partial charge in [-0.25, -0.2) is 0 Å². The fraction of sp³-hybridized carbons (Fsp3) is 0.263. The number of nitrogens with one attached hydrogen (secondary N) is 3. The number of carbonyl (C=O) groups is 1. The number of halogens is 1. The van der Waals surface area contributed by atoms with E-state index in [9.17, 15) is 4.79 Å². The Morgan fingerprint density at radius 3 is 2.67 bits per heavy atom. The van der Waals surface area contributed by atoms with E-state index >= 15 is 0 Å². The summed E-state index contributed by atoms with van der Waals surface area (Å²) in [4.78, 5) is 15.9. The van der Waals surface area contributed by atoms with Crippen molar-refractivity contribution < 1.29 is 13.9 Å². The molecule has 0 radical (unpaired) electrons. The average Bonchev–Trinajstić information content (AvgIpc) is 3.21. The summed E-state index contributed by atoms with van der Waals surface area (Å²) in [6, 6.07) is 11.1. The Balaban J connectivity index is 0.00000364. The summed E-state index contributed by atoms with van der Waals surface area (Å²) >= 11 is 0. The number of para-hydroxylation sites is 1. The van der Waals surface area contributed by atoms with Gasteiger partial charge in [-0.3, -0.25) is 9.79 Å². The van der Waals surface area contributed by atoms with Gasteiger partial charge in [0.05, 0.1) is 6.26 Å². The summed E-state index contributed by atoms with van der Waals surface area (Å²) in [5.74, 6) is 1.49. The summed E-state index contributed by atoms with van der Waals surface area (Å²) < 4.78 is 10.7. The molecule has 0 bridgehead atoms. The summed E-state index contributed by atoms with van der Waals surface area (Å²) in [5, 5.41) is 9.12. The van der Waals surface area contributed by atoms with Gasteiger partial charge in [-0.05, 0) is 18.2 Å². The largest absolute Gasteiger partial charge is 0.489 e. The van der Waals surface area contributed by atoms with Gasteiger partial charge in [-0.15, -0.1) is 24.0 Å². The lowest BCUT2D eigenvalue weighted by atomic mass is 10.2. The summed E-state index contributed by atoms with van der Waals surface area (Å²) in [5.41, 5.74) is 1.02. The van der Waals surface area contributed by atoms with Crippen molar-refractivity contribution in [3.05, 3.63) is 66.6 Å². The van der Waals surface area contributed by atoms with Crippen LogP contribution in [0.2, 0.25) is 0 Å². The molecule has 0 atom stereocenters. The second-order valence-electron chi connectivity index (χ2n) is 5.29. The molecule has 1 heterocycles. The summed E-state index contributed by atoms with van der Waals surface area (Å²) in [6.45, 7) is 5.65. The van der Waals surface area contributed by atoms with Gasteiger partial charge < -0.3 is 25.1 Å². The van der Waals surface area contributed by atoms with E-state index < -0.39 is 0 Å². The third-order valence-electron chi connectivity index (χ3n) is 3.45. The van der Waals surface area contributed by atoms with E-state index in [0.717, 1.165) is 11.3 Å². The minimum atomic E-state index is -0.243. The van der Waals surface area contributed by atoms with E-state index in [2.05, 4.69) is 27.5 Å². The molecule has 7 nitrogen and oxygen atoms in total. The molecule has 8 heteroatoms. The number of guanidine groups is 1. The maximum absolute atomic E-state index is 11.8. The molecule has 0 saturated carbocycles. The highest BCUT2D eigenvalue weighted by atomic mass is 127. The molecule has 0 saturated heterocycles. The van der Waals surface area contributed by atoms with Crippen LogP contribution in [-0.4, -0.2) is 38.6 Å². The molecule has 0 spiro atoms. The number of aliphatic imine (C=N–C) groups is 1. The highest BCUT2D eigenvalue weighted by Gasteiger charge is 2.07. The van der Waals surface area contributed by atoms with E-state index in [4.69, 9.17) is 9.15 Å². The second kappa shape index (κ2) is 12.8. The SMILES string of the molecule is C=CCOc1ccccc1CNC(=NC)NCCNC(=O)c1ccco1.I. The molecule has 3 N–H and O–H groups in total. The normalized spacial score (nSPS) is 10.5. The van der Waals surface area contributed by atoms with E-state index in [1.54, 1.807) is 25.3 Å². The molecule has 2 aromatic rings. The monoisotopic (exact) mass is 484 g/mol. The number of rotatable bonds is 9. The Labute approximate surface area is 176 Å². The number of hydrogen-bond acceptors (Lipinski definition) is 4. The van der Waals surface area contributed by atoms with Crippen LogP contribution in [0, 0.1) is 0 Å². The second-order valence-corrected chi connectivity index (χ2v) is 5.29.